The molecular formula is C11H15F2NS. The normalized spacial score (nSPS) is 12.8. The van der Waals surface area contributed by atoms with E-state index in [-0.39, 0.29) is 6.04 Å². The van der Waals surface area contributed by atoms with Gasteiger partial charge in [0.25, 0.3) is 0 Å². The predicted molar refractivity (Wildman–Crippen MR) is 61.3 cm³/mol. The summed E-state index contributed by atoms with van der Waals surface area (Å²) in [6, 6.07) is 3.91. The van der Waals surface area contributed by atoms with Gasteiger partial charge in [-0.15, -0.1) is 0 Å². The number of thioether (sulfide) groups is 1. The van der Waals surface area contributed by atoms with Gasteiger partial charge in [-0.1, -0.05) is 0 Å². The first-order chi connectivity index (χ1) is 7.15. The summed E-state index contributed by atoms with van der Waals surface area (Å²) in [5.74, 6) is -0.0951. The average Bonchev–Trinajstić information content (AvgIpc) is 2.15. The largest absolute Gasteiger partial charge is 0.316 e. The molecule has 15 heavy (non-hydrogen) atoms. The molecule has 1 aromatic carbocycles. The molecule has 0 spiro atoms. The highest BCUT2D eigenvalue weighted by atomic mass is 32.2. The van der Waals surface area contributed by atoms with E-state index in [2.05, 4.69) is 5.32 Å². The van der Waals surface area contributed by atoms with Gasteiger partial charge in [-0.2, -0.15) is 11.8 Å². The second kappa shape index (κ2) is 6.08. The molecule has 1 N–H and O–H groups in total. The fraction of sp³-hybridized carbons (Fsp3) is 0.455. The minimum Gasteiger partial charge on any atom is -0.316 e. The van der Waals surface area contributed by atoms with Crippen molar-refractivity contribution in [3.8, 4) is 0 Å². The van der Waals surface area contributed by atoms with E-state index in [1.54, 1.807) is 11.8 Å². The average molecular weight is 231 g/mol. The Hall–Kier alpha value is -0.610. The number of nitrogens with one attached hydrogen (secondary N) is 1. The molecule has 1 atom stereocenters. The highest BCUT2D eigenvalue weighted by Gasteiger charge is 2.08. The fourth-order valence-electron chi connectivity index (χ4n) is 1.46. The van der Waals surface area contributed by atoms with Gasteiger partial charge in [0.05, 0.1) is 0 Å². The number of hydrogen-bond acceptors (Lipinski definition) is 2. The summed E-state index contributed by atoms with van der Waals surface area (Å²) >= 11 is 1.71. The van der Waals surface area contributed by atoms with E-state index >= 15 is 0 Å². The first-order valence-corrected chi connectivity index (χ1v) is 6.16. The van der Waals surface area contributed by atoms with Crippen LogP contribution in [0.5, 0.6) is 0 Å². The van der Waals surface area contributed by atoms with Crippen LogP contribution in [-0.4, -0.2) is 25.1 Å². The van der Waals surface area contributed by atoms with Crippen LogP contribution in [0.15, 0.2) is 18.2 Å². The van der Waals surface area contributed by atoms with Crippen molar-refractivity contribution in [1.82, 2.24) is 5.32 Å². The fourth-order valence-corrected chi connectivity index (χ4v) is 2.15. The molecule has 4 heteroatoms. The minimum atomic E-state index is -0.510. The van der Waals surface area contributed by atoms with Crippen molar-refractivity contribution in [1.29, 1.82) is 0 Å². The molecule has 0 saturated carbocycles. The summed E-state index contributed by atoms with van der Waals surface area (Å²) in [5, 5.41) is 3.12. The molecule has 0 aliphatic heterocycles. The molecule has 0 amide bonds. The number of likely N-dealkylation sites (N-methyl/N-ethyl adjacent to an activating group) is 1. The van der Waals surface area contributed by atoms with Crippen molar-refractivity contribution in [2.24, 2.45) is 0 Å². The third-order valence-electron chi connectivity index (χ3n) is 2.18. The van der Waals surface area contributed by atoms with Crippen LogP contribution in [0.3, 0.4) is 0 Å². The standard InChI is InChI=1S/C11H15F2NS/c1-14-11(7-15-2)5-8-3-9(12)6-10(13)4-8/h3-4,6,11,14H,5,7H2,1-2H3. The van der Waals surface area contributed by atoms with Gasteiger partial charge in [0.15, 0.2) is 0 Å². The van der Waals surface area contributed by atoms with Gasteiger partial charge in [-0.3, -0.25) is 0 Å². The predicted octanol–water partition coefficient (Wildman–Crippen LogP) is 2.46. The van der Waals surface area contributed by atoms with Gasteiger partial charge >= 0.3 is 0 Å². The lowest BCUT2D eigenvalue weighted by molar-refractivity contribution is 0.569. The van der Waals surface area contributed by atoms with Crippen LogP contribution in [-0.2, 0) is 6.42 Å². The van der Waals surface area contributed by atoms with Crippen molar-refractivity contribution < 1.29 is 8.78 Å². The van der Waals surface area contributed by atoms with E-state index in [1.807, 2.05) is 13.3 Å². The molecule has 1 rings (SSSR count). The Bertz CT molecular complexity index is 297. The molecule has 0 aliphatic rings. The van der Waals surface area contributed by atoms with Crippen LogP contribution in [0, 0.1) is 11.6 Å². The number of hydrogen-bond donors (Lipinski definition) is 1. The van der Waals surface area contributed by atoms with Gasteiger partial charge in [0, 0.05) is 17.9 Å². The second-order valence-electron chi connectivity index (χ2n) is 3.42. The van der Waals surface area contributed by atoms with Crippen molar-refractivity contribution in [3.05, 3.63) is 35.4 Å². The summed E-state index contributed by atoms with van der Waals surface area (Å²) in [7, 11) is 1.86. The molecule has 1 unspecified atom stereocenters. The minimum absolute atomic E-state index is 0.251. The van der Waals surface area contributed by atoms with Crippen LogP contribution in [0.1, 0.15) is 5.56 Å². The number of rotatable bonds is 5. The van der Waals surface area contributed by atoms with Gasteiger partial charge in [-0.05, 0) is 37.4 Å². The topological polar surface area (TPSA) is 12.0 Å². The van der Waals surface area contributed by atoms with Crippen LogP contribution < -0.4 is 5.32 Å². The van der Waals surface area contributed by atoms with Crippen molar-refractivity contribution in [3.63, 3.8) is 0 Å². The Morgan fingerprint density at radius 1 is 1.27 bits per heavy atom. The van der Waals surface area contributed by atoms with Crippen LogP contribution in [0.4, 0.5) is 8.78 Å². The van der Waals surface area contributed by atoms with Crippen LogP contribution in [0.25, 0.3) is 0 Å². The van der Waals surface area contributed by atoms with E-state index in [0.717, 1.165) is 11.8 Å². The first-order valence-electron chi connectivity index (χ1n) is 4.77. The van der Waals surface area contributed by atoms with Gasteiger partial charge in [0.1, 0.15) is 11.6 Å². The van der Waals surface area contributed by atoms with E-state index in [9.17, 15) is 8.78 Å². The Morgan fingerprint density at radius 3 is 2.33 bits per heavy atom. The first kappa shape index (κ1) is 12.5. The summed E-state index contributed by atoms with van der Waals surface area (Å²) in [6.07, 6.45) is 2.66. The molecule has 84 valence electrons. The molecule has 1 aromatic rings. The maximum Gasteiger partial charge on any atom is 0.126 e. The molecule has 0 saturated heterocycles. The number of halogens is 2. The smallest absolute Gasteiger partial charge is 0.126 e. The molecule has 0 radical (unpaired) electrons. The maximum atomic E-state index is 12.9. The van der Waals surface area contributed by atoms with Crippen molar-refractivity contribution >= 4 is 11.8 Å². The van der Waals surface area contributed by atoms with Gasteiger partial charge < -0.3 is 5.32 Å². The molecular weight excluding hydrogens is 216 g/mol. The van der Waals surface area contributed by atoms with Crippen LogP contribution >= 0.6 is 11.8 Å². The van der Waals surface area contributed by atoms with Gasteiger partial charge in [-0.25, -0.2) is 8.78 Å². The Kier molecular flexibility index (Phi) is 5.05. The van der Waals surface area contributed by atoms with Crippen molar-refractivity contribution in [2.45, 2.75) is 12.5 Å². The summed E-state index contributed by atoms with van der Waals surface area (Å²) in [5.41, 5.74) is 0.695. The zero-order valence-corrected chi connectivity index (χ0v) is 9.70. The molecule has 0 fully saturated rings. The summed E-state index contributed by atoms with van der Waals surface area (Å²) in [4.78, 5) is 0. The lowest BCUT2D eigenvalue weighted by Crippen LogP contribution is -2.30. The highest BCUT2D eigenvalue weighted by Crippen LogP contribution is 2.11. The molecule has 0 aromatic heterocycles. The SMILES string of the molecule is CNC(CSC)Cc1cc(F)cc(F)c1. The Labute approximate surface area is 93.3 Å². The van der Waals surface area contributed by atoms with Gasteiger partial charge in [0.2, 0.25) is 0 Å². The Morgan fingerprint density at radius 2 is 1.87 bits per heavy atom. The zero-order valence-electron chi connectivity index (χ0n) is 8.89. The van der Waals surface area contributed by atoms with Crippen molar-refractivity contribution in [2.75, 3.05) is 19.1 Å². The zero-order chi connectivity index (χ0) is 11.3. The van der Waals surface area contributed by atoms with E-state index in [4.69, 9.17) is 0 Å². The Balaban J connectivity index is 2.69. The summed E-state index contributed by atoms with van der Waals surface area (Å²) in [6.45, 7) is 0. The van der Waals surface area contributed by atoms with Crippen LogP contribution in [0.2, 0.25) is 0 Å². The van der Waals surface area contributed by atoms with E-state index in [0.29, 0.717) is 12.0 Å². The van der Waals surface area contributed by atoms with E-state index < -0.39 is 11.6 Å². The number of benzene rings is 1. The summed E-state index contributed by atoms with van der Waals surface area (Å²) < 4.78 is 25.8. The maximum absolute atomic E-state index is 12.9. The van der Waals surface area contributed by atoms with E-state index in [1.165, 1.54) is 12.1 Å². The third kappa shape index (κ3) is 4.18. The molecule has 0 heterocycles. The monoisotopic (exact) mass is 231 g/mol. The molecule has 0 bridgehead atoms. The molecule has 1 nitrogen and oxygen atoms in total. The quantitative estimate of drug-likeness (QED) is 0.835. The second-order valence-corrected chi connectivity index (χ2v) is 4.33. The third-order valence-corrected chi connectivity index (χ3v) is 2.92. The lowest BCUT2D eigenvalue weighted by atomic mass is 10.1. The molecule has 0 aliphatic carbocycles. The lowest BCUT2D eigenvalue weighted by Gasteiger charge is -2.14. The highest BCUT2D eigenvalue weighted by molar-refractivity contribution is 7.98.